The Morgan fingerprint density at radius 2 is 1.95 bits per heavy atom. The average Bonchev–Trinajstić information content (AvgIpc) is 2.32. The van der Waals surface area contributed by atoms with Gasteiger partial charge in [-0.15, -0.1) is 0 Å². The normalized spacial score (nSPS) is 17.7. The van der Waals surface area contributed by atoms with Gasteiger partial charge in [0, 0.05) is 5.33 Å². The van der Waals surface area contributed by atoms with Crippen molar-refractivity contribution in [2.24, 2.45) is 0 Å². The fourth-order valence-corrected chi connectivity index (χ4v) is 2.83. The van der Waals surface area contributed by atoms with E-state index in [0.717, 1.165) is 25.3 Å². The molecule has 2 nitrogen and oxygen atoms in total. The van der Waals surface area contributed by atoms with Gasteiger partial charge < -0.3 is 5.32 Å². The first-order valence-corrected chi connectivity index (χ1v) is 7.05. The number of halogens is 4. The lowest BCUT2D eigenvalue weighted by atomic mass is 9.78. The van der Waals surface area contributed by atoms with Crippen molar-refractivity contribution >= 4 is 21.8 Å². The van der Waals surface area contributed by atoms with E-state index in [2.05, 4.69) is 21.2 Å². The molecule has 1 saturated carbocycles. The number of carbonyl (C=O) groups is 1. The minimum Gasteiger partial charge on any atom is -0.346 e. The fourth-order valence-electron chi connectivity index (χ4n) is 2.13. The predicted octanol–water partition coefficient (Wildman–Crippen LogP) is 3.75. The number of benzene rings is 1. The van der Waals surface area contributed by atoms with Crippen LogP contribution in [0.1, 0.15) is 35.2 Å². The van der Waals surface area contributed by atoms with Crippen LogP contribution in [0, 0.1) is 0 Å². The van der Waals surface area contributed by atoms with Crippen LogP contribution in [0.25, 0.3) is 0 Å². The van der Waals surface area contributed by atoms with Gasteiger partial charge in [0.15, 0.2) is 0 Å². The number of hydrogen-bond donors (Lipinski definition) is 1. The molecule has 1 aromatic carbocycles. The van der Waals surface area contributed by atoms with Crippen LogP contribution in [0.2, 0.25) is 0 Å². The van der Waals surface area contributed by atoms with Gasteiger partial charge >= 0.3 is 6.18 Å². The maximum Gasteiger partial charge on any atom is 0.417 e. The Kier molecular flexibility index (Phi) is 3.90. The van der Waals surface area contributed by atoms with Crippen molar-refractivity contribution in [1.82, 2.24) is 5.32 Å². The second-order valence-corrected chi connectivity index (χ2v) is 5.33. The van der Waals surface area contributed by atoms with Gasteiger partial charge in [-0.3, -0.25) is 4.79 Å². The summed E-state index contributed by atoms with van der Waals surface area (Å²) >= 11 is 3.31. The number of amides is 1. The number of carbonyl (C=O) groups excluding carboxylic acids is 1. The zero-order valence-corrected chi connectivity index (χ0v) is 11.6. The molecule has 0 spiro atoms. The third-order valence-electron chi connectivity index (χ3n) is 3.42. The lowest BCUT2D eigenvalue weighted by Gasteiger charge is -2.41. The molecule has 1 amide bonds. The topological polar surface area (TPSA) is 29.1 Å². The SMILES string of the molecule is O=C(NC1(CBr)CCC1)c1ccccc1C(F)(F)F. The van der Waals surface area contributed by atoms with Gasteiger partial charge in [0.2, 0.25) is 0 Å². The molecule has 6 heteroatoms. The second kappa shape index (κ2) is 5.15. The first-order valence-electron chi connectivity index (χ1n) is 5.93. The number of rotatable bonds is 3. The Balaban J connectivity index is 2.25. The van der Waals surface area contributed by atoms with Gasteiger partial charge in [-0.1, -0.05) is 28.1 Å². The molecule has 1 aromatic rings. The standard InChI is InChI=1S/C13H13BrF3NO/c14-8-12(6-3-7-12)18-11(19)9-4-1-2-5-10(9)13(15,16)17/h1-2,4-5H,3,6-8H2,(H,18,19). The molecule has 0 aromatic heterocycles. The summed E-state index contributed by atoms with van der Waals surface area (Å²) in [5, 5.41) is 3.28. The van der Waals surface area contributed by atoms with Gasteiger partial charge in [-0.2, -0.15) is 13.2 Å². The van der Waals surface area contributed by atoms with E-state index in [1.165, 1.54) is 18.2 Å². The van der Waals surface area contributed by atoms with E-state index in [9.17, 15) is 18.0 Å². The van der Waals surface area contributed by atoms with Crippen LogP contribution in [0.15, 0.2) is 24.3 Å². The van der Waals surface area contributed by atoms with Crippen molar-refractivity contribution in [3.8, 4) is 0 Å². The van der Waals surface area contributed by atoms with Crippen LogP contribution in [0.5, 0.6) is 0 Å². The van der Waals surface area contributed by atoms with Crippen molar-refractivity contribution in [2.45, 2.75) is 31.0 Å². The summed E-state index contributed by atoms with van der Waals surface area (Å²) in [4.78, 5) is 12.0. The summed E-state index contributed by atoms with van der Waals surface area (Å²) in [6, 6.07) is 4.85. The molecule has 104 valence electrons. The van der Waals surface area contributed by atoms with E-state index in [1.54, 1.807) is 0 Å². The highest BCUT2D eigenvalue weighted by Gasteiger charge is 2.40. The molecule has 1 aliphatic rings. The highest BCUT2D eigenvalue weighted by Crippen LogP contribution is 2.35. The number of alkyl halides is 4. The zero-order chi connectivity index (χ0) is 14.1. The first-order chi connectivity index (χ1) is 8.88. The third-order valence-corrected chi connectivity index (χ3v) is 4.50. The molecule has 0 unspecified atom stereocenters. The largest absolute Gasteiger partial charge is 0.417 e. The molecule has 0 heterocycles. The summed E-state index contributed by atoms with van der Waals surface area (Å²) in [6.07, 6.45) is -1.96. The van der Waals surface area contributed by atoms with Crippen molar-refractivity contribution in [1.29, 1.82) is 0 Å². The summed E-state index contributed by atoms with van der Waals surface area (Å²) in [6.45, 7) is 0. The van der Waals surface area contributed by atoms with Crippen LogP contribution in [-0.2, 0) is 6.18 Å². The lowest BCUT2D eigenvalue weighted by molar-refractivity contribution is -0.138. The van der Waals surface area contributed by atoms with Crippen LogP contribution < -0.4 is 5.32 Å². The minimum absolute atomic E-state index is 0.317. The van der Waals surface area contributed by atoms with Crippen LogP contribution in [-0.4, -0.2) is 16.8 Å². The number of nitrogens with one attached hydrogen (secondary N) is 1. The highest BCUT2D eigenvalue weighted by atomic mass is 79.9. The zero-order valence-electron chi connectivity index (χ0n) is 10.1. The highest BCUT2D eigenvalue weighted by molar-refractivity contribution is 9.09. The number of hydrogen-bond acceptors (Lipinski definition) is 1. The van der Waals surface area contributed by atoms with E-state index >= 15 is 0 Å². The molecular weight excluding hydrogens is 323 g/mol. The second-order valence-electron chi connectivity index (χ2n) is 4.76. The quantitative estimate of drug-likeness (QED) is 0.837. The molecule has 2 rings (SSSR count). The Morgan fingerprint density at radius 1 is 1.32 bits per heavy atom. The van der Waals surface area contributed by atoms with Crippen molar-refractivity contribution in [3.63, 3.8) is 0 Å². The lowest BCUT2D eigenvalue weighted by Crippen LogP contribution is -2.55. The van der Waals surface area contributed by atoms with E-state index in [-0.39, 0.29) is 5.56 Å². The van der Waals surface area contributed by atoms with Gasteiger partial charge in [-0.25, -0.2) is 0 Å². The summed E-state index contributed by atoms with van der Waals surface area (Å²) in [5.41, 5.74) is -1.60. The summed E-state index contributed by atoms with van der Waals surface area (Å²) in [5.74, 6) is -0.660. The predicted molar refractivity (Wildman–Crippen MR) is 69.3 cm³/mol. The Labute approximate surface area is 117 Å². The Bertz CT molecular complexity index is 478. The smallest absolute Gasteiger partial charge is 0.346 e. The maximum absolute atomic E-state index is 12.8. The van der Waals surface area contributed by atoms with Crippen molar-refractivity contribution in [2.75, 3.05) is 5.33 Å². The van der Waals surface area contributed by atoms with Gasteiger partial charge in [-0.05, 0) is 31.4 Å². The molecule has 1 fully saturated rings. The molecule has 1 aliphatic carbocycles. The molecule has 19 heavy (non-hydrogen) atoms. The molecule has 0 aliphatic heterocycles. The van der Waals surface area contributed by atoms with Gasteiger partial charge in [0.05, 0.1) is 16.7 Å². The monoisotopic (exact) mass is 335 g/mol. The maximum atomic E-state index is 12.8. The van der Waals surface area contributed by atoms with E-state index < -0.39 is 23.2 Å². The van der Waals surface area contributed by atoms with E-state index in [4.69, 9.17) is 0 Å². The Morgan fingerprint density at radius 3 is 2.42 bits per heavy atom. The average molecular weight is 336 g/mol. The van der Waals surface area contributed by atoms with Crippen molar-refractivity contribution < 1.29 is 18.0 Å². The van der Waals surface area contributed by atoms with Crippen LogP contribution in [0.4, 0.5) is 13.2 Å². The Hall–Kier alpha value is -1.04. The third kappa shape index (κ3) is 2.94. The summed E-state index contributed by atoms with van der Waals surface area (Å²) < 4.78 is 38.5. The molecular formula is C13H13BrF3NO. The van der Waals surface area contributed by atoms with Crippen molar-refractivity contribution in [3.05, 3.63) is 35.4 Å². The van der Waals surface area contributed by atoms with E-state index in [1.807, 2.05) is 0 Å². The minimum atomic E-state index is -4.52. The van der Waals surface area contributed by atoms with E-state index in [0.29, 0.717) is 5.33 Å². The van der Waals surface area contributed by atoms with Gasteiger partial charge in [0.25, 0.3) is 5.91 Å². The fraction of sp³-hybridized carbons (Fsp3) is 0.462. The molecule has 0 atom stereocenters. The molecule has 0 saturated heterocycles. The van der Waals surface area contributed by atoms with Gasteiger partial charge in [0.1, 0.15) is 0 Å². The molecule has 0 bridgehead atoms. The van der Waals surface area contributed by atoms with Crippen LogP contribution >= 0.6 is 15.9 Å². The molecule has 0 radical (unpaired) electrons. The first kappa shape index (κ1) is 14.4. The summed E-state index contributed by atoms with van der Waals surface area (Å²) in [7, 11) is 0. The molecule has 1 N–H and O–H groups in total. The van der Waals surface area contributed by atoms with Crippen LogP contribution in [0.3, 0.4) is 0 Å².